The smallest absolute Gasteiger partial charge is 0.311 e. The number of hydrogen-bond donors (Lipinski definition) is 2. The van der Waals surface area contributed by atoms with Crippen LogP contribution < -0.4 is 11.4 Å². The van der Waals surface area contributed by atoms with Gasteiger partial charge in [0.1, 0.15) is 0 Å². The summed E-state index contributed by atoms with van der Waals surface area (Å²) in [5.74, 6) is 4.62. The Labute approximate surface area is 170 Å². The van der Waals surface area contributed by atoms with Crippen LogP contribution in [0.5, 0.6) is 0 Å². The van der Waals surface area contributed by atoms with Crippen molar-refractivity contribution >= 4 is 5.97 Å². The second-order valence-electron chi connectivity index (χ2n) is 7.09. The van der Waals surface area contributed by atoms with E-state index in [0.29, 0.717) is 59.3 Å². The minimum Gasteiger partial charge on any atom is -0.469 e. The zero-order chi connectivity index (χ0) is 21.9. The summed E-state index contributed by atoms with van der Waals surface area (Å²) in [6, 6.07) is 0. The van der Waals surface area contributed by atoms with Crippen LogP contribution in [0, 0.1) is 5.41 Å². The number of methoxy groups -OCH3 is 1. The van der Waals surface area contributed by atoms with Crippen LogP contribution in [0.4, 0.5) is 0 Å². The van der Waals surface area contributed by atoms with Crippen molar-refractivity contribution in [2.45, 2.75) is 53.5 Å². The Morgan fingerprint density at radius 3 is 1.68 bits per heavy atom. The summed E-state index contributed by atoms with van der Waals surface area (Å²) in [6.07, 6.45) is 0.570. The van der Waals surface area contributed by atoms with Gasteiger partial charge < -0.3 is 23.8 Å². The molecule has 0 aromatic rings. The molecular formula is C19H42N2O7. The molecule has 28 heavy (non-hydrogen) atoms. The molecule has 0 fully saturated rings. The van der Waals surface area contributed by atoms with E-state index in [-0.39, 0.29) is 11.5 Å². The fourth-order valence-electron chi connectivity index (χ4n) is 2.49. The molecule has 9 nitrogen and oxygen atoms in total. The predicted molar refractivity (Wildman–Crippen MR) is 108 cm³/mol. The summed E-state index contributed by atoms with van der Waals surface area (Å²) in [7, 11) is 1.39. The lowest BCUT2D eigenvalue weighted by molar-refractivity contribution is -0.153. The Morgan fingerprint density at radius 1 is 0.821 bits per heavy atom. The van der Waals surface area contributed by atoms with Gasteiger partial charge in [0.2, 0.25) is 0 Å². The van der Waals surface area contributed by atoms with Crippen molar-refractivity contribution in [3.8, 4) is 0 Å². The monoisotopic (exact) mass is 410 g/mol. The standard InChI is InChI=1S/C17H36N2O7.C2H6/c1-16(2,15(20)21-5)14-17(3,4)19-26-13-11-24-9-7-22-6-8-23-10-12-25-18;1-2/h19H,6-14,18H2,1-5H3;1-2H3. The summed E-state index contributed by atoms with van der Waals surface area (Å²) in [4.78, 5) is 21.6. The Hall–Kier alpha value is -0.810. The number of ether oxygens (including phenoxy) is 4. The Bertz CT molecular complexity index is 366. The fourth-order valence-corrected chi connectivity index (χ4v) is 2.49. The predicted octanol–water partition coefficient (Wildman–Crippen LogP) is 1.84. The van der Waals surface area contributed by atoms with Crippen molar-refractivity contribution in [1.82, 2.24) is 5.48 Å². The number of carbonyl (C=O) groups is 1. The lowest BCUT2D eigenvalue weighted by Gasteiger charge is -2.33. The number of rotatable bonds is 17. The van der Waals surface area contributed by atoms with Gasteiger partial charge in [0.25, 0.3) is 0 Å². The maximum Gasteiger partial charge on any atom is 0.311 e. The van der Waals surface area contributed by atoms with E-state index in [0.717, 1.165) is 0 Å². The molecule has 0 saturated carbocycles. The molecule has 0 saturated heterocycles. The molecule has 3 N–H and O–H groups in total. The molecule has 0 bridgehead atoms. The van der Waals surface area contributed by atoms with Crippen molar-refractivity contribution in [3.05, 3.63) is 0 Å². The number of nitrogens with one attached hydrogen (secondary N) is 1. The molecule has 0 rings (SSSR count). The number of esters is 1. The first-order valence-corrected chi connectivity index (χ1v) is 9.77. The van der Waals surface area contributed by atoms with Crippen molar-refractivity contribution in [2.24, 2.45) is 11.3 Å². The van der Waals surface area contributed by atoms with Crippen molar-refractivity contribution in [1.29, 1.82) is 0 Å². The van der Waals surface area contributed by atoms with Gasteiger partial charge in [0.15, 0.2) is 0 Å². The fraction of sp³-hybridized carbons (Fsp3) is 0.947. The van der Waals surface area contributed by atoms with Crippen LogP contribution in [0.3, 0.4) is 0 Å². The molecule has 0 heterocycles. The average Bonchev–Trinajstić information content (AvgIpc) is 2.65. The summed E-state index contributed by atoms with van der Waals surface area (Å²) in [6.45, 7) is 15.2. The van der Waals surface area contributed by atoms with E-state index < -0.39 is 5.41 Å². The Morgan fingerprint density at radius 2 is 1.25 bits per heavy atom. The van der Waals surface area contributed by atoms with E-state index in [2.05, 4.69) is 10.3 Å². The van der Waals surface area contributed by atoms with Gasteiger partial charge in [0.05, 0.1) is 65.4 Å². The minimum absolute atomic E-state index is 0.242. The van der Waals surface area contributed by atoms with Crippen LogP contribution in [-0.4, -0.2) is 71.5 Å². The van der Waals surface area contributed by atoms with Crippen molar-refractivity contribution in [3.63, 3.8) is 0 Å². The van der Waals surface area contributed by atoms with Gasteiger partial charge in [-0.15, -0.1) is 0 Å². The van der Waals surface area contributed by atoms with Gasteiger partial charge in [-0.1, -0.05) is 13.8 Å². The molecule has 0 aromatic heterocycles. The quantitative estimate of drug-likeness (QED) is 0.211. The van der Waals surface area contributed by atoms with Crippen LogP contribution in [0.15, 0.2) is 0 Å². The molecule has 0 atom stereocenters. The first kappa shape index (κ1) is 29.4. The molecule has 0 unspecified atom stereocenters. The molecule has 0 amide bonds. The van der Waals surface area contributed by atoms with Gasteiger partial charge in [-0.2, -0.15) is 5.48 Å². The number of hydrogen-bond acceptors (Lipinski definition) is 9. The second kappa shape index (κ2) is 18.2. The SMILES string of the molecule is CC.COC(=O)C(C)(C)CC(C)(C)NOCCOCCOCCOCCON. The number of nitrogens with two attached hydrogens (primary N) is 1. The van der Waals surface area contributed by atoms with Crippen LogP contribution in [0.1, 0.15) is 48.0 Å². The molecule has 170 valence electrons. The van der Waals surface area contributed by atoms with Gasteiger partial charge in [-0.05, 0) is 34.1 Å². The lowest BCUT2D eigenvalue weighted by atomic mass is 9.80. The van der Waals surface area contributed by atoms with Crippen LogP contribution in [0.2, 0.25) is 0 Å². The highest BCUT2D eigenvalue weighted by atomic mass is 16.7. The molecule has 0 aliphatic rings. The molecule has 0 aliphatic heterocycles. The van der Waals surface area contributed by atoms with E-state index >= 15 is 0 Å². The minimum atomic E-state index is -0.594. The van der Waals surface area contributed by atoms with Gasteiger partial charge >= 0.3 is 5.97 Å². The van der Waals surface area contributed by atoms with E-state index in [1.165, 1.54) is 7.11 Å². The highest BCUT2D eigenvalue weighted by Crippen LogP contribution is 2.29. The van der Waals surface area contributed by atoms with Crippen LogP contribution in [-0.2, 0) is 33.4 Å². The summed E-state index contributed by atoms with van der Waals surface area (Å²) in [5, 5.41) is 0. The largest absolute Gasteiger partial charge is 0.469 e. The highest BCUT2D eigenvalue weighted by molar-refractivity contribution is 5.75. The zero-order valence-electron chi connectivity index (χ0n) is 18.8. The molecule has 9 heteroatoms. The molecule has 0 radical (unpaired) electrons. The maximum absolute atomic E-state index is 11.8. The third kappa shape index (κ3) is 17.3. The van der Waals surface area contributed by atoms with Gasteiger partial charge in [-0.25, -0.2) is 5.90 Å². The average molecular weight is 411 g/mol. The highest BCUT2D eigenvalue weighted by Gasteiger charge is 2.35. The molecular weight excluding hydrogens is 368 g/mol. The Kier molecular flexibility index (Phi) is 19.1. The zero-order valence-corrected chi connectivity index (χ0v) is 18.8. The molecule has 0 aliphatic carbocycles. The normalized spacial score (nSPS) is 11.7. The molecule has 0 spiro atoms. The third-order valence-electron chi connectivity index (χ3n) is 3.39. The van der Waals surface area contributed by atoms with Crippen LogP contribution >= 0.6 is 0 Å². The first-order chi connectivity index (χ1) is 13.2. The second-order valence-corrected chi connectivity index (χ2v) is 7.09. The first-order valence-electron chi connectivity index (χ1n) is 9.77. The summed E-state index contributed by atoms with van der Waals surface area (Å²) >= 11 is 0. The van der Waals surface area contributed by atoms with Crippen molar-refractivity contribution in [2.75, 3.05) is 60.0 Å². The van der Waals surface area contributed by atoms with Crippen molar-refractivity contribution < 1.29 is 33.4 Å². The van der Waals surface area contributed by atoms with Crippen LogP contribution in [0.25, 0.3) is 0 Å². The molecule has 0 aromatic carbocycles. The third-order valence-corrected chi connectivity index (χ3v) is 3.39. The van der Waals surface area contributed by atoms with Gasteiger partial charge in [0, 0.05) is 5.54 Å². The van der Waals surface area contributed by atoms with E-state index in [1.807, 2.05) is 41.5 Å². The maximum atomic E-state index is 11.8. The number of hydroxylamine groups is 1. The van der Waals surface area contributed by atoms with E-state index in [1.54, 1.807) is 0 Å². The number of carbonyl (C=O) groups excluding carboxylic acids is 1. The lowest BCUT2D eigenvalue weighted by Crippen LogP contribution is -2.45. The summed E-state index contributed by atoms with van der Waals surface area (Å²) in [5.41, 5.74) is 2.00. The Balaban J connectivity index is 0. The van der Waals surface area contributed by atoms with E-state index in [4.69, 9.17) is 29.7 Å². The topological polar surface area (TPSA) is 111 Å². The van der Waals surface area contributed by atoms with E-state index in [9.17, 15) is 4.79 Å². The summed E-state index contributed by atoms with van der Waals surface area (Å²) < 4.78 is 20.8. The van der Waals surface area contributed by atoms with Gasteiger partial charge in [-0.3, -0.25) is 9.63 Å².